The Hall–Kier alpha value is -2.95. The van der Waals surface area contributed by atoms with E-state index in [1.54, 1.807) is 0 Å². The zero-order valence-corrected chi connectivity index (χ0v) is 24.8. The highest BCUT2D eigenvalue weighted by Crippen LogP contribution is 2.30. The topological polar surface area (TPSA) is 30.9 Å². The second-order valence-corrected chi connectivity index (χ2v) is 10.7. The lowest BCUT2D eigenvalue weighted by atomic mass is 9.91. The van der Waals surface area contributed by atoms with Crippen molar-refractivity contribution in [3.05, 3.63) is 94.2 Å². The van der Waals surface area contributed by atoms with E-state index in [2.05, 4.69) is 111 Å². The summed E-state index contributed by atoms with van der Waals surface area (Å²) in [5, 5.41) is 3.48. The molecule has 0 atom stereocenters. The minimum atomic E-state index is 0.883. The molecule has 4 nitrogen and oxygen atoms in total. The van der Waals surface area contributed by atoms with E-state index in [1.165, 1.54) is 39.0 Å². The number of hydrogen-bond acceptors (Lipinski definition) is 3. The molecule has 0 bridgehead atoms. The highest BCUT2D eigenvalue weighted by Gasteiger charge is 2.15. The summed E-state index contributed by atoms with van der Waals surface area (Å²) in [4.78, 5) is 9.85. The Kier molecular flexibility index (Phi) is 11.6. The van der Waals surface area contributed by atoms with Gasteiger partial charge in [0.05, 0.1) is 0 Å². The van der Waals surface area contributed by atoms with E-state index in [9.17, 15) is 0 Å². The van der Waals surface area contributed by atoms with Gasteiger partial charge in [-0.05, 0) is 93.1 Å². The average molecular weight is 513 g/mol. The van der Waals surface area contributed by atoms with Gasteiger partial charge in [0.25, 0.3) is 0 Å². The zero-order valence-electron chi connectivity index (χ0n) is 24.8. The Morgan fingerprint density at radius 3 is 2.18 bits per heavy atom. The van der Waals surface area contributed by atoms with E-state index in [0.717, 1.165) is 63.5 Å². The standard InChI is InChI=1S/C34H48N4/c1-8-10-12-28(5)34(24-35-29(6)36-32-22-26(3)21-27(4)23-32)33(11-9-2)31-15-13-30(14-16-31)25-38-19-17-37(7)18-20-38/h11-16,21-24H,8-10,17-20,25H2,1-7H3,(H,35,36)/b28-12+,33-11-,34-24+. The molecule has 1 aliphatic heterocycles. The molecule has 1 aliphatic rings. The van der Waals surface area contributed by atoms with E-state index >= 15 is 0 Å². The van der Waals surface area contributed by atoms with Gasteiger partial charge >= 0.3 is 0 Å². The van der Waals surface area contributed by atoms with Gasteiger partial charge in [-0.25, -0.2) is 4.99 Å². The van der Waals surface area contributed by atoms with Crippen LogP contribution in [0.1, 0.15) is 69.2 Å². The summed E-state index contributed by atoms with van der Waals surface area (Å²) in [7, 11) is 2.21. The van der Waals surface area contributed by atoms with Gasteiger partial charge in [-0.1, -0.05) is 62.8 Å². The summed E-state index contributed by atoms with van der Waals surface area (Å²) in [5.74, 6) is 0.883. The van der Waals surface area contributed by atoms with Crippen LogP contribution in [0.4, 0.5) is 5.69 Å². The molecule has 1 heterocycles. The normalized spacial score (nSPS) is 16.7. The number of piperazine rings is 1. The molecule has 0 aromatic heterocycles. The number of aryl methyl sites for hydroxylation is 2. The van der Waals surface area contributed by atoms with Crippen molar-refractivity contribution in [2.45, 2.75) is 67.3 Å². The highest BCUT2D eigenvalue weighted by molar-refractivity contribution is 5.94. The lowest BCUT2D eigenvalue weighted by Crippen LogP contribution is -2.43. The maximum atomic E-state index is 4.89. The molecule has 38 heavy (non-hydrogen) atoms. The first-order chi connectivity index (χ1) is 18.3. The molecule has 3 rings (SSSR count). The Balaban J connectivity index is 1.87. The van der Waals surface area contributed by atoms with Crippen LogP contribution in [0, 0.1) is 13.8 Å². The zero-order chi connectivity index (χ0) is 27.5. The van der Waals surface area contributed by atoms with Crippen molar-refractivity contribution in [1.29, 1.82) is 0 Å². The Bertz CT molecular complexity index is 1140. The highest BCUT2D eigenvalue weighted by atomic mass is 15.2. The average Bonchev–Trinajstić information content (AvgIpc) is 2.88. The maximum absolute atomic E-state index is 4.89. The number of aliphatic imine (C=N–C) groups is 1. The van der Waals surface area contributed by atoms with Crippen molar-refractivity contribution in [2.24, 2.45) is 4.99 Å². The number of unbranched alkanes of at least 4 members (excludes halogenated alkanes) is 1. The van der Waals surface area contributed by atoms with Crippen LogP contribution >= 0.6 is 0 Å². The van der Waals surface area contributed by atoms with Crippen LogP contribution in [0.25, 0.3) is 5.57 Å². The summed E-state index contributed by atoms with van der Waals surface area (Å²) in [6.45, 7) is 18.5. The van der Waals surface area contributed by atoms with Gasteiger partial charge in [0.1, 0.15) is 5.84 Å². The first-order valence-corrected chi connectivity index (χ1v) is 14.3. The van der Waals surface area contributed by atoms with Crippen molar-refractivity contribution in [2.75, 3.05) is 38.5 Å². The van der Waals surface area contributed by atoms with Gasteiger partial charge in [0.2, 0.25) is 0 Å². The van der Waals surface area contributed by atoms with Gasteiger partial charge in [-0.15, -0.1) is 0 Å². The summed E-state index contributed by atoms with van der Waals surface area (Å²) >= 11 is 0. The summed E-state index contributed by atoms with van der Waals surface area (Å²) in [6.07, 6.45) is 9.91. The number of benzene rings is 2. The molecule has 204 valence electrons. The lowest BCUT2D eigenvalue weighted by Gasteiger charge is -2.32. The van der Waals surface area contributed by atoms with E-state index < -0.39 is 0 Å². The smallest absolute Gasteiger partial charge is 0.103 e. The molecule has 1 N–H and O–H groups in total. The summed E-state index contributed by atoms with van der Waals surface area (Å²) in [6, 6.07) is 15.7. The molecular formula is C34H48N4. The number of anilines is 1. The number of nitrogens with one attached hydrogen (secondary N) is 1. The summed E-state index contributed by atoms with van der Waals surface area (Å²) < 4.78 is 0. The monoisotopic (exact) mass is 512 g/mol. The fourth-order valence-corrected chi connectivity index (χ4v) is 4.95. The van der Waals surface area contributed by atoms with Crippen LogP contribution in [-0.4, -0.2) is 48.9 Å². The number of hydrogen-bond donors (Lipinski definition) is 1. The molecular weight excluding hydrogens is 464 g/mol. The van der Waals surface area contributed by atoms with Crippen LogP contribution in [0.5, 0.6) is 0 Å². The third-order valence-corrected chi connectivity index (χ3v) is 7.06. The van der Waals surface area contributed by atoms with Crippen molar-refractivity contribution < 1.29 is 0 Å². The minimum Gasteiger partial charge on any atom is -0.344 e. The first kappa shape index (κ1) is 29.6. The Labute approximate surface area is 231 Å². The number of likely N-dealkylation sites (N-methyl/N-ethyl adjacent to an activating group) is 1. The van der Waals surface area contributed by atoms with E-state index in [0.29, 0.717) is 0 Å². The summed E-state index contributed by atoms with van der Waals surface area (Å²) in [5.41, 5.74) is 9.93. The van der Waals surface area contributed by atoms with Gasteiger partial charge in [0, 0.05) is 50.2 Å². The molecule has 2 aromatic carbocycles. The van der Waals surface area contributed by atoms with Gasteiger partial charge < -0.3 is 10.2 Å². The molecule has 0 saturated carbocycles. The molecule has 1 fully saturated rings. The second kappa shape index (κ2) is 14.8. The predicted octanol–water partition coefficient (Wildman–Crippen LogP) is 8.01. The quantitative estimate of drug-likeness (QED) is 0.199. The van der Waals surface area contributed by atoms with E-state index in [1.807, 2.05) is 13.1 Å². The third-order valence-electron chi connectivity index (χ3n) is 7.06. The van der Waals surface area contributed by atoms with Gasteiger partial charge in [-0.2, -0.15) is 0 Å². The second-order valence-electron chi connectivity index (χ2n) is 10.7. The van der Waals surface area contributed by atoms with Crippen LogP contribution in [-0.2, 0) is 6.54 Å². The SMILES string of the molecule is CC\C=C(C(=C/N=C(C)Nc1cc(C)cc(C)c1)/C(C)=C/CCC)\c1ccc(CN2CCN(C)CC2)cc1. The Morgan fingerprint density at radius 2 is 1.58 bits per heavy atom. The largest absolute Gasteiger partial charge is 0.344 e. The molecule has 4 heteroatoms. The predicted molar refractivity (Wildman–Crippen MR) is 167 cm³/mol. The molecule has 0 amide bonds. The van der Waals surface area contributed by atoms with Crippen LogP contribution in [0.2, 0.25) is 0 Å². The van der Waals surface area contributed by atoms with Crippen LogP contribution in [0.15, 0.2) is 77.0 Å². The van der Waals surface area contributed by atoms with Gasteiger partial charge in [-0.3, -0.25) is 4.90 Å². The fourth-order valence-electron chi connectivity index (χ4n) is 4.95. The van der Waals surface area contributed by atoms with Crippen molar-refractivity contribution in [1.82, 2.24) is 9.80 Å². The van der Waals surface area contributed by atoms with E-state index in [4.69, 9.17) is 4.99 Å². The number of nitrogens with zero attached hydrogens (tertiary/aromatic N) is 3. The molecule has 2 aromatic rings. The minimum absolute atomic E-state index is 0.883. The maximum Gasteiger partial charge on any atom is 0.103 e. The third kappa shape index (κ3) is 9.11. The number of rotatable bonds is 10. The lowest BCUT2D eigenvalue weighted by molar-refractivity contribution is 0.148. The van der Waals surface area contributed by atoms with E-state index in [-0.39, 0.29) is 0 Å². The Morgan fingerprint density at radius 1 is 0.921 bits per heavy atom. The molecule has 0 spiro atoms. The van der Waals surface area contributed by atoms with Crippen molar-refractivity contribution >= 4 is 17.1 Å². The van der Waals surface area contributed by atoms with Crippen LogP contribution < -0.4 is 5.32 Å². The number of amidine groups is 1. The molecule has 0 radical (unpaired) electrons. The fraction of sp³-hybridized carbons (Fsp3) is 0.441. The van der Waals surface area contributed by atoms with Crippen molar-refractivity contribution in [3.8, 4) is 0 Å². The van der Waals surface area contributed by atoms with Crippen molar-refractivity contribution in [3.63, 3.8) is 0 Å². The molecule has 1 saturated heterocycles. The number of allylic oxidation sites excluding steroid dienone is 5. The van der Waals surface area contributed by atoms with Gasteiger partial charge in [0.15, 0.2) is 0 Å². The molecule has 0 aliphatic carbocycles. The van der Waals surface area contributed by atoms with Crippen LogP contribution in [0.3, 0.4) is 0 Å². The first-order valence-electron chi connectivity index (χ1n) is 14.3. The molecule has 0 unspecified atom stereocenters.